The van der Waals surface area contributed by atoms with Crippen molar-refractivity contribution >= 4 is 29.6 Å². The van der Waals surface area contributed by atoms with E-state index in [1.54, 1.807) is 6.07 Å². The highest BCUT2D eigenvalue weighted by atomic mass is 35.5. The first-order chi connectivity index (χ1) is 7.99. The number of carbonyl (C=O) groups is 2. The summed E-state index contributed by atoms with van der Waals surface area (Å²) in [5.41, 5.74) is 5.40. The molecular formula is C11H10ClNO4. The zero-order valence-electron chi connectivity index (χ0n) is 8.72. The maximum atomic E-state index is 10.6. The largest absolute Gasteiger partial charge is 0.483 e. The molecule has 90 valence electrons. The lowest BCUT2D eigenvalue weighted by atomic mass is 10.2. The van der Waals surface area contributed by atoms with Crippen molar-refractivity contribution in [3.63, 3.8) is 0 Å². The third-order valence-corrected chi connectivity index (χ3v) is 1.98. The van der Waals surface area contributed by atoms with Gasteiger partial charge in [0.2, 0.25) is 0 Å². The summed E-state index contributed by atoms with van der Waals surface area (Å²) in [6, 6.07) is 4.63. The van der Waals surface area contributed by atoms with Gasteiger partial charge in [0.25, 0.3) is 5.91 Å². The highest BCUT2D eigenvalue weighted by molar-refractivity contribution is 6.30. The quantitative estimate of drug-likeness (QED) is 0.776. The Kier molecular flexibility index (Phi) is 4.54. The standard InChI is InChI=1S/C11H10ClNO4/c12-8-2-3-9(17-6-10(13)14)7(5-8)1-4-11(15)16/h1-5H,6H2,(H2,13,14)(H,15,16)/b4-1+. The van der Waals surface area contributed by atoms with Crippen molar-refractivity contribution in [2.24, 2.45) is 5.73 Å². The minimum atomic E-state index is -1.09. The number of ether oxygens (including phenoxy) is 1. The molecule has 0 bridgehead atoms. The van der Waals surface area contributed by atoms with Crippen molar-refractivity contribution in [1.29, 1.82) is 0 Å². The van der Waals surface area contributed by atoms with Crippen LogP contribution in [-0.2, 0) is 9.59 Å². The molecule has 1 amide bonds. The van der Waals surface area contributed by atoms with E-state index in [-0.39, 0.29) is 6.61 Å². The van der Waals surface area contributed by atoms with Crippen LogP contribution in [0.2, 0.25) is 5.02 Å². The average Bonchev–Trinajstić information content (AvgIpc) is 2.24. The number of halogens is 1. The molecule has 6 heteroatoms. The van der Waals surface area contributed by atoms with Gasteiger partial charge in [-0.2, -0.15) is 0 Å². The first kappa shape index (κ1) is 13.1. The van der Waals surface area contributed by atoms with Gasteiger partial charge in [0.15, 0.2) is 6.61 Å². The second kappa shape index (κ2) is 5.91. The Morgan fingerprint density at radius 3 is 2.76 bits per heavy atom. The molecule has 0 aliphatic heterocycles. The van der Waals surface area contributed by atoms with Crippen LogP contribution >= 0.6 is 11.6 Å². The Labute approximate surface area is 102 Å². The molecule has 0 heterocycles. The second-order valence-corrected chi connectivity index (χ2v) is 3.55. The molecule has 3 N–H and O–H groups in total. The smallest absolute Gasteiger partial charge is 0.328 e. The van der Waals surface area contributed by atoms with Crippen molar-refractivity contribution in [2.75, 3.05) is 6.61 Å². The van der Waals surface area contributed by atoms with Gasteiger partial charge in [-0.05, 0) is 24.3 Å². The van der Waals surface area contributed by atoms with Crippen LogP contribution in [0.25, 0.3) is 6.08 Å². The number of hydrogen-bond acceptors (Lipinski definition) is 3. The topological polar surface area (TPSA) is 89.6 Å². The molecule has 0 saturated carbocycles. The molecule has 0 atom stereocenters. The summed E-state index contributed by atoms with van der Waals surface area (Å²) in [5, 5.41) is 8.95. The number of carboxylic acids is 1. The number of rotatable bonds is 5. The highest BCUT2D eigenvalue weighted by Gasteiger charge is 2.04. The highest BCUT2D eigenvalue weighted by Crippen LogP contribution is 2.24. The summed E-state index contributed by atoms with van der Waals surface area (Å²) in [6.07, 6.45) is 2.27. The predicted octanol–water partition coefficient (Wildman–Crippen LogP) is 1.30. The van der Waals surface area contributed by atoms with E-state index >= 15 is 0 Å². The minimum absolute atomic E-state index is 0.282. The number of hydrogen-bond donors (Lipinski definition) is 2. The van der Waals surface area contributed by atoms with Crippen molar-refractivity contribution < 1.29 is 19.4 Å². The van der Waals surface area contributed by atoms with Crippen LogP contribution in [0.4, 0.5) is 0 Å². The summed E-state index contributed by atoms with van der Waals surface area (Å²) in [6.45, 7) is -0.282. The lowest BCUT2D eigenvalue weighted by Crippen LogP contribution is -2.20. The van der Waals surface area contributed by atoms with Gasteiger partial charge in [0.1, 0.15) is 5.75 Å². The molecule has 0 fully saturated rings. The molecule has 0 saturated heterocycles. The first-order valence-corrected chi connectivity index (χ1v) is 4.98. The van der Waals surface area contributed by atoms with E-state index in [0.29, 0.717) is 16.3 Å². The molecule has 0 spiro atoms. The first-order valence-electron chi connectivity index (χ1n) is 4.60. The van der Waals surface area contributed by atoms with Crippen LogP contribution in [-0.4, -0.2) is 23.6 Å². The number of primary amides is 1. The van der Waals surface area contributed by atoms with Gasteiger partial charge in [-0.3, -0.25) is 4.79 Å². The molecule has 1 aromatic carbocycles. The zero-order valence-corrected chi connectivity index (χ0v) is 9.48. The summed E-state index contributed by atoms with van der Waals surface area (Å²) >= 11 is 5.77. The molecule has 1 rings (SSSR count). The van der Waals surface area contributed by atoms with Crippen molar-refractivity contribution in [3.05, 3.63) is 34.9 Å². The van der Waals surface area contributed by atoms with E-state index in [2.05, 4.69) is 0 Å². The summed E-state index contributed by atoms with van der Waals surface area (Å²) < 4.78 is 5.11. The zero-order chi connectivity index (χ0) is 12.8. The van der Waals surface area contributed by atoms with Crippen LogP contribution in [0.1, 0.15) is 5.56 Å². The van der Waals surface area contributed by atoms with E-state index in [4.69, 9.17) is 27.2 Å². The minimum Gasteiger partial charge on any atom is -0.483 e. The Hall–Kier alpha value is -2.01. The third kappa shape index (κ3) is 4.56. The molecule has 17 heavy (non-hydrogen) atoms. The molecule has 5 nitrogen and oxygen atoms in total. The van der Waals surface area contributed by atoms with E-state index in [0.717, 1.165) is 6.08 Å². The van der Waals surface area contributed by atoms with Crippen molar-refractivity contribution in [3.8, 4) is 5.75 Å². The van der Waals surface area contributed by atoms with Crippen LogP contribution in [0.15, 0.2) is 24.3 Å². The van der Waals surface area contributed by atoms with Gasteiger partial charge in [-0.25, -0.2) is 4.79 Å². The Morgan fingerprint density at radius 1 is 1.47 bits per heavy atom. The fraction of sp³-hybridized carbons (Fsp3) is 0.0909. The van der Waals surface area contributed by atoms with Crippen LogP contribution in [0.3, 0.4) is 0 Å². The summed E-state index contributed by atoms with van der Waals surface area (Å²) in [4.78, 5) is 21.0. The van der Waals surface area contributed by atoms with Gasteiger partial charge in [-0.1, -0.05) is 11.6 Å². The molecule has 0 radical (unpaired) electrons. The van der Waals surface area contributed by atoms with E-state index in [1.165, 1.54) is 18.2 Å². The number of nitrogens with two attached hydrogens (primary N) is 1. The Bertz CT molecular complexity index is 471. The van der Waals surface area contributed by atoms with Crippen molar-refractivity contribution in [2.45, 2.75) is 0 Å². The Balaban J connectivity index is 2.95. The van der Waals surface area contributed by atoms with Gasteiger partial charge in [0, 0.05) is 16.7 Å². The fourth-order valence-corrected chi connectivity index (χ4v) is 1.27. The lowest BCUT2D eigenvalue weighted by Gasteiger charge is -2.07. The Morgan fingerprint density at radius 2 is 2.18 bits per heavy atom. The van der Waals surface area contributed by atoms with Crippen LogP contribution in [0.5, 0.6) is 5.75 Å². The van der Waals surface area contributed by atoms with Gasteiger partial charge >= 0.3 is 5.97 Å². The molecule has 0 aliphatic rings. The number of aliphatic carboxylic acids is 1. The van der Waals surface area contributed by atoms with Crippen LogP contribution in [0, 0.1) is 0 Å². The van der Waals surface area contributed by atoms with E-state index in [1.807, 2.05) is 0 Å². The SMILES string of the molecule is NC(=O)COc1ccc(Cl)cc1/C=C/C(=O)O. The maximum Gasteiger partial charge on any atom is 0.328 e. The average molecular weight is 256 g/mol. The monoisotopic (exact) mass is 255 g/mol. The number of amides is 1. The number of carbonyl (C=O) groups excluding carboxylic acids is 1. The second-order valence-electron chi connectivity index (χ2n) is 3.11. The van der Waals surface area contributed by atoms with Gasteiger partial charge < -0.3 is 15.6 Å². The molecule has 0 unspecified atom stereocenters. The number of benzene rings is 1. The van der Waals surface area contributed by atoms with Crippen LogP contribution < -0.4 is 10.5 Å². The fourth-order valence-electron chi connectivity index (χ4n) is 1.09. The molecule has 0 aliphatic carbocycles. The summed E-state index contributed by atoms with van der Waals surface area (Å²) in [5.74, 6) is -1.37. The van der Waals surface area contributed by atoms with E-state index < -0.39 is 11.9 Å². The third-order valence-electron chi connectivity index (χ3n) is 1.75. The molecule has 1 aromatic rings. The predicted molar refractivity (Wildman–Crippen MR) is 62.8 cm³/mol. The molecule has 0 aromatic heterocycles. The number of carboxylic acid groups (broad SMARTS) is 1. The van der Waals surface area contributed by atoms with E-state index in [9.17, 15) is 9.59 Å². The maximum absolute atomic E-state index is 10.6. The normalized spacial score (nSPS) is 10.4. The molecular weight excluding hydrogens is 246 g/mol. The van der Waals surface area contributed by atoms with Gasteiger partial charge in [0.05, 0.1) is 0 Å². The summed E-state index contributed by atoms with van der Waals surface area (Å²) in [7, 11) is 0. The van der Waals surface area contributed by atoms with Gasteiger partial charge in [-0.15, -0.1) is 0 Å². The van der Waals surface area contributed by atoms with Crippen molar-refractivity contribution in [1.82, 2.24) is 0 Å². The lowest BCUT2D eigenvalue weighted by molar-refractivity contribution is -0.131.